The van der Waals surface area contributed by atoms with Crippen molar-refractivity contribution in [2.24, 2.45) is 0 Å². The lowest BCUT2D eigenvalue weighted by atomic mass is 9.96. The van der Waals surface area contributed by atoms with Gasteiger partial charge >= 0.3 is 5.97 Å². The number of ether oxygens (including phenoxy) is 2. The molecule has 19 heavy (non-hydrogen) atoms. The zero-order chi connectivity index (χ0) is 14.0. The molecule has 2 atom stereocenters. The molecule has 1 aliphatic heterocycles. The Balaban J connectivity index is 2.24. The predicted octanol–water partition coefficient (Wildman–Crippen LogP) is 1.91. The molecule has 1 aliphatic rings. The van der Waals surface area contributed by atoms with Gasteiger partial charge in [0.05, 0.1) is 6.61 Å². The van der Waals surface area contributed by atoms with E-state index in [1.807, 2.05) is 32.0 Å². The lowest BCUT2D eigenvalue weighted by Crippen LogP contribution is -2.52. The van der Waals surface area contributed by atoms with Crippen LogP contribution in [0.3, 0.4) is 0 Å². The molecule has 0 saturated carbocycles. The number of hydrogen-bond acceptors (Lipinski definition) is 4. The molecule has 0 aromatic heterocycles. The van der Waals surface area contributed by atoms with Crippen LogP contribution in [0.5, 0.6) is 5.75 Å². The van der Waals surface area contributed by atoms with Crippen LogP contribution < -0.4 is 4.74 Å². The number of aliphatic hydroxyl groups excluding tert-OH is 1. The van der Waals surface area contributed by atoms with E-state index in [4.69, 9.17) is 9.47 Å². The maximum atomic E-state index is 12.3. The number of benzene rings is 1. The van der Waals surface area contributed by atoms with Crippen LogP contribution in [0.25, 0.3) is 0 Å². The van der Waals surface area contributed by atoms with E-state index in [1.54, 1.807) is 12.2 Å². The van der Waals surface area contributed by atoms with Crippen LogP contribution in [0, 0.1) is 13.8 Å². The standard InChI is InChI=1S/C15H18O4/c1-10-6-4-7-11(2)13(10)19-14(17)15(3)12(16)8-5-9-18-15/h4-8,12,16H,9H2,1-3H3/t12-,15+/m0/s1. The zero-order valence-corrected chi connectivity index (χ0v) is 11.3. The first-order chi connectivity index (χ1) is 8.95. The Morgan fingerprint density at radius 2 is 2.05 bits per heavy atom. The van der Waals surface area contributed by atoms with Gasteiger partial charge in [-0.1, -0.05) is 30.4 Å². The second kappa shape index (κ2) is 5.15. The molecule has 0 aliphatic carbocycles. The summed E-state index contributed by atoms with van der Waals surface area (Å²) >= 11 is 0. The van der Waals surface area contributed by atoms with Gasteiger partial charge in [0.2, 0.25) is 0 Å². The molecule has 2 rings (SSSR count). The number of carbonyl (C=O) groups is 1. The summed E-state index contributed by atoms with van der Waals surface area (Å²) in [6.07, 6.45) is 2.23. The van der Waals surface area contributed by atoms with Crippen molar-refractivity contribution in [2.45, 2.75) is 32.5 Å². The fraction of sp³-hybridized carbons (Fsp3) is 0.400. The van der Waals surface area contributed by atoms with Crippen LogP contribution in [0.1, 0.15) is 18.1 Å². The first kappa shape index (κ1) is 13.8. The van der Waals surface area contributed by atoms with Crippen LogP contribution in [-0.4, -0.2) is 29.4 Å². The van der Waals surface area contributed by atoms with Crippen molar-refractivity contribution in [2.75, 3.05) is 6.61 Å². The van der Waals surface area contributed by atoms with Gasteiger partial charge in [-0.2, -0.15) is 0 Å². The van der Waals surface area contributed by atoms with E-state index in [2.05, 4.69) is 0 Å². The van der Waals surface area contributed by atoms with Crippen molar-refractivity contribution in [3.63, 3.8) is 0 Å². The second-order valence-corrected chi connectivity index (χ2v) is 4.90. The smallest absolute Gasteiger partial charge is 0.346 e. The van der Waals surface area contributed by atoms with Crippen molar-refractivity contribution >= 4 is 5.97 Å². The summed E-state index contributed by atoms with van der Waals surface area (Å²) in [4.78, 5) is 12.3. The minimum Gasteiger partial charge on any atom is -0.424 e. The second-order valence-electron chi connectivity index (χ2n) is 4.90. The summed E-state index contributed by atoms with van der Waals surface area (Å²) < 4.78 is 10.8. The summed E-state index contributed by atoms with van der Waals surface area (Å²) in [5, 5.41) is 9.90. The fourth-order valence-corrected chi connectivity index (χ4v) is 2.01. The van der Waals surface area contributed by atoms with Gasteiger partial charge in [0.1, 0.15) is 11.9 Å². The van der Waals surface area contributed by atoms with Crippen LogP contribution >= 0.6 is 0 Å². The van der Waals surface area contributed by atoms with Gasteiger partial charge in [-0.15, -0.1) is 0 Å². The normalized spacial score (nSPS) is 26.2. The lowest BCUT2D eigenvalue weighted by Gasteiger charge is -2.33. The van der Waals surface area contributed by atoms with Gasteiger partial charge in [-0.25, -0.2) is 4.79 Å². The van der Waals surface area contributed by atoms with Crippen molar-refractivity contribution in [3.8, 4) is 5.75 Å². The van der Waals surface area contributed by atoms with Gasteiger partial charge in [-0.3, -0.25) is 0 Å². The summed E-state index contributed by atoms with van der Waals surface area (Å²) in [5.41, 5.74) is 0.388. The summed E-state index contributed by atoms with van der Waals surface area (Å²) in [5.74, 6) is -0.0548. The Morgan fingerprint density at radius 3 is 2.63 bits per heavy atom. The number of esters is 1. The topological polar surface area (TPSA) is 55.8 Å². The van der Waals surface area contributed by atoms with Crippen molar-refractivity contribution in [1.29, 1.82) is 0 Å². The van der Waals surface area contributed by atoms with Crippen LogP contribution in [0.2, 0.25) is 0 Å². The zero-order valence-electron chi connectivity index (χ0n) is 11.3. The van der Waals surface area contributed by atoms with Gasteiger partial charge < -0.3 is 14.6 Å². The molecule has 0 spiro atoms. The number of aliphatic hydroxyl groups is 1. The largest absolute Gasteiger partial charge is 0.424 e. The average molecular weight is 262 g/mol. The first-order valence-corrected chi connectivity index (χ1v) is 6.22. The minimum atomic E-state index is -1.36. The van der Waals surface area contributed by atoms with E-state index in [9.17, 15) is 9.90 Å². The molecule has 0 radical (unpaired) electrons. The Bertz CT molecular complexity index is 501. The highest BCUT2D eigenvalue weighted by Crippen LogP contribution is 2.27. The van der Waals surface area contributed by atoms with Crippen molar-refractivity contribution in [1.82, 2.24) is 0 Å². The fourth-order valence-electron chi connectivity index (χ4n) is 2.01. The molecule has 1 N–H and O–H groups in total. The Hall–Kier alpha value is -1.65. The van der Waals surface area contributed by atoms with E-state index in [-0.39, 0.29) is 6.61 Å². The number of hydrogen-bond donors (Lipinski definition) is 1. The summed E-state index contributed by atoms with van der Waals surface area (Å²) in [6, 6.07) is 5.64. The third kappa shape index (κ3) is 2.55. The number of para-hydroxylation sites is 1. The highest BCUT2D eigenvalue weighted by molar-refractivity contribution is 5.83. The SMILES string of the molecule is Cc1cccc(C)c1OC(=O)[C@]1(C)OCC=C[C@@H]1O. The highest BCUT2D eigenvalue weighted by atomic mass is 16.6. The Kier molecular flexibility index (Phi) is 3.73. The molecule has 1 aromatic carbocycles. The molecule has 0 saturated heterocycles. The highest BCUT2D eigenvalue weighted by Gasteiger charge is 2.44. The molecule has 0 bridgehead atoms. The molecule has 0 fully saturated rings. The maximum Gasteiger partial charge on any atom is 0.346 e. The van der Waals surface area contributed by atoms with Gasteiger partial charge in [-0.05, 0) is 31.9 Å². The molecular weight excluding hydrogens is 244 g/mol. The molecule has 1 heterocycles. The molecule has 0 amide bonds. The third-order valence-electron chi connectivity index (χ3n) is 3.37. The average Bonchev–Trinajstić information content (AvgIpc) is 2.37. The quantitative estimate of drug-likeness (QED) is 0.502. The summed E-state index contributed by atoms with van der Waals surface area (Å²) in [6.45, 7) is 5.57. The number of carbonyl (C=O) groups excluding carboxylic acids is 1. The molecular formula is C15H18O4. The third-order valence-corrected chi connectivity index (χ3v) is 3.37. The Labute approximate surface area is 112 Å². The van der Waals surface area contributed by atoms with Crippen LogP contribution in [-0.2, 0) is 9.53 Å². The number of rotatable bonds is 2. The van der Waals surface area contributed by atoms with Crippen LogP contribution in [0.4, 0.5) is 0 Å². The van der Waals surface area contributed by atoms with E-state index in [1.165, 1.54) is 6.92 Å². The predicted molar refractivity (Wildman–Crippen MR) is 71.1 cm³/mol. The molecule has 4 nitrogen and oxygen atoms in total. The maximum absolute atomic E-state index is 12.3. The first-order valence-electron chi connectivity index (χ1n) is 6.22. The molecule has 4 heteroatoms. The Morgan fingerprint density at radius 1 is 1.42 bits per heavy atom. The van der Waals surface area contributed by atoms with Crippen LogP contribution in [0.15, 0.2) is 30.4 Å². The van der Waals surface area contributed by atoms with E-state index in [0.29, 0.717) is 5.75 Å². The summed E-state index contributed by atoms with van der Waals surface area (Å²) in [7, 11) is 0. The molecule has 0 unspecified atom stereocenters. The lowest BCUT2D eigenvalue weighted by molar-refractivity contribution is -0.172. The molecule has 102 valence electrons. The van der Waals surface area contributed by atoms with E-state index >= 15 is 0 Å². The van der Waals surface area contributed by atoms with Gasteiger partial charge in [0.15, 0.2) is 5.60 Å². The number of aryl methyl sites for hydroxylation is 2. The van der Waals surface area contributed by atoms with Gasteiger partial charge in [0, 0.05) is 0 Å². The van der Waals surface area contributed by atoms with Gasteiger partial charge in [0.25, 0.3) is 0 Å². The van der Waals surface area contributed by atoms with E-state index in [0.717, 1.165) is 11.1 Å². The minimum absolute atomic E-state index is 0.287. The van der Waals surface area contributed by atoms with Crippen molar-refractivity contribution < 1.29 is 19.4 Å². The van der Waals surface area contributed by atoms with Crippen molar-refractivity contribution in [3.05, 3.63) is 41.5 Å². The monoisotopic (exact) mass is 262 g/mol. The molecule has 1 aromatic rings. The van der Waals surface area contributed by atoms with E-state index < -0.39 is 17.7 Å².